The molecule has 1 aliphatic rings. The lowest BCUT2D eigenvalue weighted by Crippen LogP contribution is -2.59. The Morgan fingerprint density at radius 2 is 1.77 bits per heavy atom. The van der Waals surface area contributed by atoms with Crippen LogP contribution in [0.15, 0.2) is 30.3 Å². The lowest BCUT2D eigenvalue weighted by Gasteiger charge is -2.39. The summed E-state index contributed by atoms with van der Waals surface area (Å²) < 4.78 is 16.1. The van der Waals surface area contributed by atoms with Gasteiger partial charge in [-0.25, -0.2) is 0 Å². The van der Waals surface area contributed by atoms with Gasteiger partial charge in [0, 0.05) is 7.11 Å². The molecule has 7 nitrogen and oxygen atoms in total. The molecule has 0 aliphatic carbocycles. The maximum absolute atomic E-state index is 9.89. The molecule has 0 amide bonds. The summed E-state index contributed by atoms with van der Waals surface area (Å²) >= 11 is 0. The summed E-state index contributed by atoms with van der Waals surface area (Å²) in [7, 11) is 1.54. The van der Waals surface area contributed by atoms with Crippen LogP contribution in [0.5, 0.6) is 0 Å². The highest BCUT2D eigenvalue weighted by Gasteiger charge is 2.44. The molecule has 4 N–H and O–H groups in total. The average Bonchev–Trinajstić information content (AvgIpc) is 2.56. The number of benzene rings is 1. The predicted molar refractivity (Wildman–Crippen MR) is 75.9 cm³/mol. The van der Waals surface area contributed by atoms with Crippen molar-refractivity contribution < 1.29 is 34.6 Å². The van der Waals surface area contributed by atoms with E-state index in [1.54, 1.807) is 0 Å². The molecule has 0 saturated carbocycles. The van der Waals surface area contributed by atoms with Crippen LogP contribution in [0, 0.1) is 0 Å². The normalized spacial score (nSPS) is 33.6. The number of methoxy groups -OCH3 is 1. The topological polar surface area (TPSA) is 109 Å². The lowest BCUT2D eigenvalue weighted by molar-refractivity contribution is -0.305. The molecule has 0 radical (unpaired) electrons. The van der Waals surface area contributed by atoms with Crippen molar-refractivity contribution in [1.82, 2.24) is 0 Å². The van der Waals surface area contributed by atoms with Crippen molar-refractivity contribution in [2.75, 3.05) is 20.3 Å². The fourth-order valence-corrected chi connectivity index (χ4v) is 2.36. The predicted octanol–water partition coefficient (Wildman–Crippen LogP) is -0.809. The van der Waals surface area contributed by atoms with Crippen LogP contribution in [0.25, 0.3) is 0 Å². The molecule has 0 bridgehead atoms. The lowest BCUT2D eigenvalue weighted by atomic mass is 9.99. The van der Waals surface area contributed by atoms with Gasteiger partial charge in [-0.2, -0.15) is 0 Å². The molecule has 6 atom stereocenters. The molecule has 1 aromatic rings. The van der Waals surface area contributed by atoms with Crippen molar-refractivity contribution in [3.8, 4) is 0 Å². The van der Waals surface area contributed by atoms with E-state index in [0.29, 0.717) is 0 Å². The minimum atomic E-state index is -1.45. The smallest absolute Gasteiger partial charge is 0.186 e. The fraction of sp³-hybridized carbons (Fsp3) is 0.600. The third-order valence-electron chi connectivity index (χ3n) is 3.72. The van der Waals surface area contributed by atoms with E-state index < -0.39 is 37.3 Å². The number of hydrogen-bond acceptors (Lipinski definition) is 7. The molecule has 2 rings (SSSR count). The number of ether oxygens (including phenoxy) is 3. The molecule has 1 aliphatic heterocycles. The first-order chi connectivity index (χ1) is 10.6. The van der Waals surface area contributed by atoms with Gasteiger partial charge in [0.2, 0.25) is 0 Å². The summed E-state index contributed by atoms with van der Waals surface area (Å²) in [5.74, 6) is 0. The van der Waals surface area contributed by atoms with Gasteiger partial charge in [-0.15, -0.1) is 0 Å². The molecule has 1 saturated heterocycles. The van der Waals surface area contributed by atoms with E-state index >= 15 is 0 Å². The first-order valence-corrected chi connectivity index (χ1v) is 7.08. The third kappa shape index (κ3) is 3.82. The molecule has 0 aromatic heterocycles. The standard InChI is InChI=1S/C15H22O7/c1-20-11(9-5-3-2-4-6-9)8-21-15-14(19)13(18)12(17)10(7-16)22-15/h2-6,10-19H,7-8H2,1H3/t10-,11+,12-,13+,14-,15-/m1/s1. The van der Waals surface area contributed by atoms with Gasteiger partial charge in [0.25, 0.3) is 0 Å². The average molecular weight is 314 g/mol. The Morgan fingerprint density at radius 3 is 2.36 bits per heavy atom. The van der Waals surface area contributed by atoms with Gasteiger partial charge in [0.05, 0.1) is 13.2 Å². The molecule has 0 spiro atoms. The molecule has 7 heteroatoms. The zero-order chi connectivity index (χ0) is 16.1. The van der Waals surface area contributed by atoms with Crippen LogP contribution in [-0.4, -0.2) is 71.5 Å². The highest BCUT2D eigenvalue weighted by Crippen LogP contribution is 2.24. The molecular formula is C15H22O7. The Labute approximate surface area is 128 Å². The SMILES string of the molecule is CO[C@@H](CO[C@@H]1O[C@H](CO)[C@@H](O)[C@H](O)[C@H]1O)c1ccccc1. The number of rotatable bonds is 6. The summed E-state index contributed by atoms with van der Waals surface area (Å²) in [5.41, 5.74) is 0.898. The van der Waals surface area contributed by atoms with Crippen LogP contribution in [0.2, 0.25) is 0 Å². The number of aliphatic hydroxyl groups excluding tert-OH is 4. The Bertz CT molecular complexity index is 439. The van der Waals surface area contributed by atoms with E-state index in [1.165, 1.54) is 7.11 Å². The summed E-state index contributed by atoms with van der Waals surface area (Å²) in [6.45, 7) is -0.402. The van der Waals surface area contributed by atoms with E-state index in [1.807, 2.05) is 30.3 Å². The highest BCUT2D eigenvalue weighted by atomic mass is 16.7. The van der Waals surface area contributed by atoms with Crippen LogP contribution < -0.4 is 0 Å². The molecule has 22 heavy (non-hydrogen) atoms. The van der Waals surface area contributed by atoms with E-state index in [-0.39, 0.29) is 12.7 Å². The van der Waals surface area contributed by atoms with Gasteiger partial charge in [0.1, 0.15) is 30.5 Å². The van der Waals surface area contributed by atoms with Gasteiger partial charge in [0.15, 0.2) is 6.29 Å². The van der Waals surface area contributed by atoms with Gasteiger partial charge in [-0.05, 0) is 5.56 Å². The van der Waals surface area contributed by atoms with Crippen molar-refractivity contribution >= 4 is 0 Å². The van der Waals surface area contributed by atoms with Crippen LogP contribution in [-0.2, 0) is 14.2 Å². The molecule has 1 fully saturated rings. The van der Waals surface area contributed by atoms with Gasteiger partial charge in [-0.1, -0.05) is 30.3 Å². The molecule has 124 valence electrons. The van der Waals surface area contributed by atoms with E-state index in [4.69, 9.17) is 19.3 Å². The van der Waals surface area contributed by atoms with Crippen molar-refractivity contribution in [2.45, 2.75) is 36.8 Å². The summed E-state index contributed by atoms with van der Waals surface area (Å²) in [6.07, 6.45) is -6.77. The number of hydrogen-bond donors (Lipinski definition) is 4. The monoisotopic (exact) mass is 314 g/mol. The highest BCUT2D eigenvalue weighted by molar-refractivity contribution is 5.17. The van der Waals surface area contributed by atoms with Crippen molar-refractivity contribution in [2.24, 2.45) is 0 Å². The quantitative estimate of drug-likeness (QED) is 0.544. The number of aliphatic hydroxyl groups is 4. The van der Waals surface area contributed by atoms with Crippen molar-refractivity contribution in [3.63, 3.8) is 0 Å². The fourth-order valence-electron chi connectivity index (χ4n) is 2.36. The van der Waals surface area contributed by atoms with Gasteiger partial charge < -0.3 is 34.6 Å². The first-order valence-electron chi connectivity index (χ1n) is 7.08. The molecule has 1 heterocycles. The second-order valence-electron chi connectivity index (χ2n) is 5.17. The van der Waals surface area contributed by atoms with E-state index in [2.05, 4.69) is 0 Å². The van der Waals surface area contributed by atoms with Crippen LogP contribution >= 0.6 is 0 Å². The van der Waals surface area contributed by atoms with Crippen molar-refractivity contribution in [3.05, 3.63) is 35.9 Å². The summed E-state index contributed by atoms with van der Waals surface area (Å²) in [4.78, 5) is 0. The van der Waals surface area contributed by atoms with Crippen LogP contribution in [0.1, 0.15) is 11.7 Å². The molecular weight excluding hydrogens is 292 g/mol. The Balaban J connectivity index is 1.97. The Hall–Kier alpha value is -1.06. The first kappa shape index (κ1) is 17.3. The summed E-state index contributed by atoms with van der Waals surface area (Å²) in [6, 6.07) is 9.38. The maximum Gasteiger partial charge on any atom is 0.186 e. The third-order valence-corrected chi connectivity index (χ3v) is 3.72. The Morgan fingerprint density at radius 1 is 1.09 bits per heavy atom. The zero-order valence-electron chi connectivity index (χ0n) is 12.3. The van der Waals surface area contributed by atoms with Gasteiger partial charge in [-0.3, -0.25) is 0 Å². The minimum absolute atomic E-state index is 0.0865. The van der Waals surface area contributed by atoms with Crippen LogP contribution in [0.4, 0.5) is 0 Å². The second kappa shape index (κ2) is 7.98. The largest absolute Gasteiger partial charge is 0.394 e. The maximum atomic E-state index is 9.89. The van der Waals surface area contributed by atoms with E-state index in [9.17, 15) is 15.3 Å². The Kier molecular flexibility index (Phi) is 6.27. The van der Waals surface area contributed by atoms with E-state index in [0.717, 1.165) is 5.56 Å². The molecule has 0 unspecified atom stereocenters. The van der Waals surface area contributed by atoms with Crippen molar-refractivity contribution in [1.29, 1.82) is 0 Å². The summed E-state index contributed by atoms with van der Waals surface area (Å²) in [5, 5.41) is 38.4. The van der Waals surface area contributed by atoms with Gasteiger partial charge >= 0.3 is 0 Å². The second-order valence-corrected chi connectivity index (χ2v) is 5.17. The molecule has 1 aromatic carbocycles. The minimum Gasteiger partial charge on any atom is -0.394 e. The van der Waals surface area contributed by atoms with Crippen LogP contribution in [0.3, 0.4) is 0 Å². The zero-order valence-corrected chi connectivity index (χ0v) is 12.3.